The van der Waals surface area contributed by atoms with Gasteiger partial charge in [0.15, 0.2) is 0 Å². The van der Waals surface area contributed by atoms with Crippen LogP contribution in [0.1, 0.15) is 77.6 Å². The van der Waals surface area contributed by atoms with Crippen molar-refractivity contribution in [1.29, 1.82) is 0 Å². The van der Waals surface area contributed by atoms with Gasteiger partial charge in [-0.1, -0.05) is 51.9 Å². The van der Waals surface area contributed by atoms with Crippen LogP contribution in [0.25, 0.3) is 0 Å². The summed E-state index contributed by atoms with van der Waals surface area (Å²) >= 11 is 0. The Bertz CT molecular complexity index is 318. The Morgan fingerprint density at radius 3 is 2.00 bits per heavy atom. The van der Waals surface area contributed by atoms with Crippen LogP contribution in [-0.4, -0.2) is 0 Å². The van der Waals surface area contributed by atoms with E-state index in [9.17, 15) is 0 Å². The van der Waals surface area contributed by atoms with E-state index in [2.05, 4.69) is 6.92 Å². The van der Waals surface area contributed by atoms with Crippen molar-refractivity contribution in [2.75, 3.05) is 0 Å². The van der Waals surface area contributed by atoms with Gasteiger partial charge in [-0.2, -0.15) is 0 Å². The third-order valence-corrected chi connectivity index (χ3v) is 7.82. The monoisotopic (exact) mass is 260 g/mol. The molecule has 0 amide bonds. The van der Waals surface area contributed by atoms with Crippen molar-refractivity contribution in [3.63, 3.8) is 0 Å². The number of fused-ring (bicyclic) bond motifs is 2. The molecule has 7 unspecified atom stereocenters. The highest BCUT2D eigenvalue weighted by Crippen LogP contribution is 2.57. The third kappa shape index (κ3) is 2.09. The van der Waals surface area contributed by atoms with Crippen LogP contribution in [0.5, 0.6) is 0 Å². The van der Waals surface area contributed by atoms with Crippen LogP contribution < -0.4 is 0 Å². The lowest BCUT2D eigenvalue weighted by atomic mass is 9.60. The summed E-state index contributed by atoms with van der Waals surface area (Å²) in [5.74, 6) is 7.89. The average Bonchev–Trinajstić information content (AvgIpc) is 3.02. The molecule has 4 rings (SSSR count). The molecule has 4 fully saturated rings. The second kappa shape index (κ2) is 5.08. The largest absolute Gasteiger partial charge is 0.0620 e. The van der Waals surface area contributed by atoms with Gasteiger partial charge in [-0.3, -0.25) is 0 Å². The van der Waals surface area contributed by atoms with Gasteiger partial charge in [0.2, 0.25) is 0 Å². The SMILES string of the molecule is CC1C2CCCC2CC1C1CCCC2CCCCC21. The van der Waals surface area contributed by atoms with E-state index in [1.54, 1.807) is 70.6 Å². The van der Waals surface area contributed by atoms with Crippen LogP contribution in [0.3, 0.4) is 0 Å². The lowest BCUT2D eigenvalue weighted by molar-refractivity contribution is 0.0476. The summed E-state index contributed by atoms with van der Waals surface area (Å²) in [5.41, 5.74) is 0. The summed E-state index contributed by atoms with van der Waals surface area (Å²) < 4.78 is 0. The number of hydrogen-bond donors (Lipinski definition) is 0. The van der Waals surface area contributed by atoms with Gasteiger partial charge < -0.3 is 0 Å². The maximum absolute atomic E-state index is 2.63. The van der Waals surface area contributed by atoms with Crippen LogP contribution in [0, 0.1) is 41.4 Å². The molecule has 0 aromatic rings. The van der Waals surface area contributed by atoms with Crippen molar-refractivity contribution < 1.29 is 0 Å². The first-order valence-electron chi connectivity index (χ1n) is 9.34. The van der Waals surface area contributed by atoms with Gasteiger partial charge in [-0.05, 0) is 67.1 Å². The van der Waals surface area contributed by atoms with Gasteiger partial charge in [0.05, 0.1) is 0 Å². The number of rotatable bonds is 1. The minimum absolute atomic E-state index is 1.07. The molecule has 19 heavy (non-hydrogen) atoms. The van der Waals surface area contributed by atoms with E-state index in [0.29, 0.717) is 0 Å². The molecule has 0 heteroatoms. The van der Waals surface area contributed by atoms with Crippen molar-refractivity contribution in [3.05, 3.63) is 0 Å². The van der Waals surface area contributed by atoms with Crippen molar-refractivity contribution in [2.24, 2.45) is 41.4 Å². The third-order valence-electron chi connectivity index (χ3n) is 7.82. The first-order chi connectivity index (χ1) is 9.34. The normalized spacial score (nSPS) is 53.8. The molecular weight excluding hydrogens is 228 g/mol. The average molecular weight is 260 g/mol. The maximum Gasteiger partial charge on any atom is -0.0352 e. The Balaban J connectivity index is 1.51. The summed E-state index contributed by atoms with van der Waals surface area (Å²) in [6.45, 7) is 2.63. The molecule has 7 atom stereocenters. The molecule has 0 N–H and O–H groups in total. The molecule has 4 saturated carbocycles. The van der Waals surface area contributed by atoms with E-state index in [1.807, 2.05) is 0 Å². The second-order valence-electron chi connectivity index (χ2n) is 8.42. The molecule has 0 spiro atoms. The molecule has 0 aromatic heterocycles. The van der Waals surface area contributed by atoms with E-state index >= 15 is 0 Å². The lowest BCUT2D eigenvalue weighted by Gasteiger charge is -2.45. The van der Waals surface area contributed by atoms with Gasteiger partial charge in [0, 0.05) is 0 Å². The van der Waals surface area contributed by atoms with E-state index in [-0.39, 0.29) is 0 Å². The van der Waals surface area contributed by atoms with E-state index < -0.39 is 0 Å². The minimum atomic E-state index is 1.07. The Hall–Kier alpha value is 0. The van der Waals surface area contributed by atoms with Crippen molar-refractivity contribution in [1.82, 2.24) is 0 Å². The van der Waals surface area contributed by atoms with Crippen molar-refractivity contribution >= 4 is 0 Å². The predicted octanol–water partition coefficient (Wildman–Crippen LogP) is 5.67. The highest BCUT2D eigenvalue weighted by atomic mass is 14.5. The topological polar surface area (TPSA) is 0 Å². The minimum Gasteiger partial charge on any atom is -0.0620 e. The first kappa shape index (κ1) is 12.7. The van der Waals surface area contributed by atoms with Gasteiger partial charge in [0.25, 0.3) is 0 Å². The zero-order valence-electron chi connectivity index (χ0n) is 12.8. The van der Waals surface area contributed by atoms with Crippen molar-refractivity contribution in [3.8, 4) is 0 Å². The molecule has 0 radical (unpaired) electrons. The van der Waals surface area contributed by atoms with Crippen LogP contribution in [0.2, 0.25) is 0 Å². The predicted molar refractivity (Wildman–Crippen MR) is 80.9 cm³/mol. The maximum atomic E-state index is 2.63. The fourth-order valence-electron chi connectivity index (χ4n) is 7.02. The van der Waals surface area contributed by atoms with Gasteiger partial charge in [-0.25, -0.2) is 0 Å². The van der Waals surface area contributed by atoms with Crippen LogP contribution in [-0.2, 0) is 0 Å². The molecule has 4 aliphatic carbocycles. The lowest BCUT2D eigenvalue weighted by Crippen LogP contribution is -2.36. The smallest absolute Gasteiger partial charge is 0.0352 e. The quantitative estimate of drug-likeness (QED) is 0.570. The summed E-state index contributed by atoms with van der Waals surface area (Å²) in [4.78, 5) is 0. The van der Waals surface area contributed by atoms with Gasteiger partial charge in [0.1, 0.15) is 0 Å². The molecule has 0 aliphatic heterocycles. The van der Waals surface area contributed by atoms with Crippen LogP contribution in [0.15, 0.2) is 0 Å². The summed E-state index contributed by atoms with van der Waals surface area (Å²) in [6, 6.07) is 0. The zero-order chi connectivity index (χ0) is 12.8. The van der Waals surface area contributed by atoms with Gasteiger partial charge in [-0.15, -0.1) is 0 Å². The first-order valence-corrected chi connectivity index (χ1v) is 9.34. The fraction of sp³-hybridized carbons (Fsp3) is 1.00. The molecule has 108 valence electrons. The summed E-state index contributed by atoms with van der Waals surface area (Å²) in [6.07, 6.45) is 17.3. The molecule has 0 heterocycles. The highest BCUT2D eigenvalue weighted by Gasteiger charge is 2.48. The Morgan fingerprint density at radius 1 is 0.526 bits per heavy atom. The zero-order valence-corrected chi connectivity index (χ0v) is 12.8. The molecule has 0 saturated heterocycles. The van der Waals surface area contributed by atoms with E-state index in [4.69, 9.17) is 0 Å². The summed E-state index contributed by atoms with van der Waals surface area (Å²) in [7, 11) is 0. The van der Waals surface area contributed by atoms with Crippen LogP contribution >= 0.6 is 0 Å². The molecule has 4 aliphatic rings. The summed E-state index contributed by atoms with van der Waals surface area (Å²) in [5, 5.41) is 0. The second-order valence-corrected chi connectivity index (χ2v) is 8.42. The molecule has 0 nitrogen and oxygen atoms in total. The van der Waals surface area contributed by atoms with Crippen LogP contribution in [0.4, 0.5) is 0 Å². The Morgan fingerprint density at radius 2 is 1.16 bits per heavy atom. The molecule has 0 aromatic carbocycles. The van der Waals surface area contributed by atoms with Gasteiger partial charge >= 0.3 is 0 Å². The van der Waals surface area contributed by atoms with E-state index in [1.165, 1.54) is 0 Å². The highest BCUT2D eigenvalue weighted by molar-refractivity contribution is 4.98. The Kier molecular flexibility index (Phi) is 3.40. The standard InChI is InChI=1S/C19H32/c1-13-16-10-5-8-15(16)12-19(13)18-11-4-7-14-6-2-3-9-17(14)18/h13-19H,2-12H2,1H3. The number of hydrogen-bond acceptors (Lipinski definition) is 0. The molecule has 0 bridgehead atoms. The Labute approximate surface area is 119 Å². The van der Waals surface area contributed by atoms with E-state index in [0.717, 1.165) is 41.4 Å². The molecular formula is C19H32. The van der Waals surface area contributed by atoms with Crippen molar-refractivity contribution in [2.45, 2.75) is 77.6 Å². The fourth-order valence-corrected chi connectivity index (χ4v) is 7.02.